The molecule has 0 saturated carbocycles. The summed E-state index contributed by atoms with van der Waals surface area (Å²) in [6.07, 6.45) is 6.28. The maximum absolute atomic E-state index is 13.8. The first-order valence-corrected chi connectivity index (χ1v) is 12.1. The Morgan fingerprint density at radius 3 is 2.61 bits per heavy atom. The maximum Gasteiger partial charge on any atom is 0.324 e. The molecule has 0 spiro atoms. The Labute approximate surface area is 225 Å². The number of halogens is 3. The van der Waals surface area contributed by atoms with Crippen molar-refractivity contribution >= 4 is 41.4 Å². The summed E-state index contributed by atoms with van der Waals surface area (Å²) < 4.78 is 27.4. The monoisotopic (exact) mass is 548 g/mol. The molecule has 1 aromatic rings. The number of rotatable bonds is 9. The Morgan fingerprint density at radius 1 is 1.32 bits per heavy atom. The number of nitrogens with one attached hydrogen (secondary N) is 3. The predicted molar refractivity (Wildman–Crippen MR) is 145 cm³/mol. The van der Waals surface area contributed by atoms with Crippen LogP contribution in [0.25, 0.3) is 0 Å². The minimum atomic E-state index is -1.19. The first-order valence-electron chi connectivity index (χ1n) is 11.8. The predicted octanol–water partition coefficient (Wildman–Crippen LogP) is 4.27. The van der Waals surface area contributed by atoms with E-state index in [9.17, 15) is 18.4 Å². The van der Waals surface area contributed by atoms with Crippen LogP contribution in [0.15, 0.2) is 57.2 Å². The van der Waals surface area contributed by atoms with Gasteiger partial charge in [0.25, 0.3) is 0 Å². The van der Waals surface area contributed by atoms with Crippen LogP contribution < -0.4 is 10.6 Å². The van der Waals surface area contributed by atoms with Gasteiger partial charge in [0, 0.05) is 18.9 Å². The highest BCUT2D eigenvalue weighted by atomic mass is 35.5. The molecule has 0 heterocycles. The summed E-state index contributed by atoms with van der Waals surface area (Å²) in [6, 6.07) is 1.28. The van der Waals surface area contributed by atoms with E-state index in [0.717, 1.165) is 22.3 Å². The van der Waals surface area contributed by atoms with E-state index < -0.39 is 22.7 Å². The highest BCUT2D eigenvalue weighted by Crippen LogP contribution is 2.23. The van der Waals surface area contributed by atoms with Gasteiger partial charge in [0.05, 0.1) is 29.0 Å². The normalized spacial score (nSPS) is 16.6. The molecule has 0 aromatic heterocycles. The Balaban J connectivity index is 2.34. The number of guanidine groups is 1. The van der Waals surface area contributed by atoms with Crippen LogP contribution in [0.2, 0.25) is 5.02 Å². The molecule has 204 valence electrons. The van der Waals surface area contributed by atoms with Crippen LogP contribution in [0.1, 0.15) is 39.7 Å². The number of nitrogens with zero attached hydrogens (tertiary/aromatic N) is 3. The van der Waals surface area contributed by atoms with Crippen LogP contribution in [0.3, 0.4) is 0 Å². The van der Waals surface area contributed by atoms with Gasteiger partial charge in [-0.3, -0.25) is 20.4 Å². The van der Waals surface area contributed by atoms with Crippen LogP contribution in [0.5, 0.6) is 0 Å². The second kappa shape index (κ2) is 14.3. The zero-order valence-electron chi connectivity index (χ0n) is 21.6. The van der Waals surface area contributed by atoms with E-state index >= 15 is 0 Å². The van der Waals surface area contributed by atoms with Crippen molar-refractivity contribution in [2.45, 2.75) is 46.7 Å². The molecule has 0 fully saturated rings. The highest BCUT2D eigenvalue weighted by molar-refractivity contribution is 6.30. The molecule has 0 saturated heterocycles. The molecule has 1 aliphatic carbocycles. The number of amides is 3. The highest BCUT2D eigenvalue weighted by Gasteiger charge is 2.20. The Morgan fingerprint density at radius 2 is 2.03 bits per heavy atom. The fourth-order valence-corrected chi connectivity index (χ4v) is 3.74. The Hall–Kier alpha value is -3.70. The number of aliphatic hydroxyl groups excluding tert-OH is 1. The molecule has 9 nitrogen and oxygen atoms in total. The van der Waals surface area contributed by atoms with E-state index in [0.29, 0.717) is 24.1 Å². The van der Waals surface area contributed by atoms with Crippen molar-refractivity contribution in [3.63, 3.8) is 0 Å². The van der Waals surface area contributed by atoms with Gasteiger partial charge in [-0.25, -0.2) is 18.6 Å². The van der Waals surface area contributed by atoms with Gasteiger partial charge in [-0.15, -0.1) is 0 Å². The third kappa shape index (κ3) is 8.70. The zero-order chi connectivity index (χ0) is 28.4. The van der Waals surface area contributed by atoms with Gasteiger partial charge in [0.1, 0.15) is 0 Å². The van der Waals surface area contributed by atoms with Gasteiger partial charge in [-0.2, -0.15) is 0 Å². The fraction of sp³-hybridized carbons (Fsp3) is 0.346. The molecule has 1 unspecified atom stereocenters. The molecule has 0 radical (unpaired) electrons. The summed E-state index contributed by atoms with van der Waals surface area (Å²) in [5, 5.41) is 21.4. The van der Waals surface area contributed by atoms with Gasteiger partial charge < -0.3 is 15.4 Å². The van der Waals surface area contributed by atoms with Crippen molar-refractivity contribution in [2.75, 3.05) is 13.2 Å². The average molecular weight is 549 g/mol. The summed E-state index contributed by atoms with van der Waals surface area (Å²) in [7, 11) is 0. The van der Waals surface area contributed by atoms with Crippen LogP contribution in [0, 0.1) is 17.0 Å². The number of urea groups is 1. The van der Waals surface area contributed by atoms with Gasteiger partial charge in [0.2, 0.25) is 12.4 Å². The van der Waals surface area contributed by atoms with Gasteiger partial charge in [0.15, 0.2) is 11.6 Å². The number of benzene rings is 1. The molecule has 1 aromatic carbocycles. The summed E-state index contributed by atoms with van der Waals surface area (Å²) in [4.78, 5) is 34.5. The SMILES string of the molecule is C/C=C1/C=C(N=C(NC=O)NC(=O)N(CC(C)=N)Cc2cc(F)c(F)c(Cl)c2)C(C)=CC1=NC(C)CCO. The van der Waals surface area contributed by atoms with Crippen LogP contribution in [-0.4, -0.2) is 59.0 Å². The molecule has 12 heteroatoms. The molecule has 1 atom stereocenters. The van der Waals surface area contributed by atoms with E-state index in [4.69, 9.17) is 22.1 Å². The molecular formula is C26H31ClF2N6O3. The van der Waals surface area contributed by atoms with Gasteiger partial charge in [-0.1, -0.05) is 17.7 Å². The third-order valence-electron chi connectivity index (χ3n) is 5.35. The van der Waals surface area contributed by atoms with Gasteiger partial charge in [-0.05, 0) is 75.1 Å². The molecule has 3 amide bonds. The topological polar surface area (TPSA) is 130 Å². The van der Waals surface area contributed by atoms with E-state index in [2.05, 4.69) is 20.6 Å². The van der Waals surface area contributed by atoms with Crippen LogP contribution >= 0.6 is 11.6 Å². The average Bonchev–Trinajstić information content (AvgIpc) is 2.83. The number of hydrogen-bond acceptors (Lipinski definition) is 6. The summed E-state index contributed by atoms with van der Waals surface area (Å²) in [5.41, 5.74) is 3.00. The standard InChI is InChI=1S/C26H31ClF2N6O3/c1-5-19-11-22(15(2)8-23(19)32-17(4)6-7-36)33-25(31-14-37)34-26(38)35(12-16(3)30)13-18-9-20(27)24(29)21(28)10-18/h5,8-11,14,17,30,36H,6-7,12-13H2,1-4H3,(H2,31,33,34,37,38)/b19-5-,30-16?,32-23?. The lowest BCUT2D eigenvalue weighted by molar-refractivity contribution is -0.108. The number of allylic oxidation sites excluding steroid dienone is 5. The Bertz CT molecular complexity index is 1220. The van der Waals surface area contributed by atoms with Crippen molar-refractivity contribution in [2.24, 2.45) is 9.98 Å². The molecule has 1 aliphatic rings. The van der Waals surface area contributed by atoms with E-state index in [-0.39, 0.29) is 43.0 Å². The maximum atomic E-state index is 13.8. The lowest BCUT2D eigenvalue weighted by Gasteiger charge is -2.23. The molecular weight excluding hydrogens is 518 g/mol. The van der Waals surface area contributed by atoms with Crippen molar-refractivity contribution in [3.8, 4) is 0 Å². The lowest BCUT2D eigenvalue weighted by atomic mass is 9.98. The smallest absolute Gasteiger partial charge is 0.324 e. The van der Waals surface area contributed by atoms with Crippen molar-refractivity contribution in [3.05, 3.63) is 69.4 Å². The number of aliphatic hydroxyl groups is 1. The third-order valence-corrected chi connectivity index (χ3v) is 5.62. The Kier molecular flexibility index (Phi) is 11.5. The quantitative estimate of drug-likeness (QED) is 0.159. The molecule has 2 rings (SSSR count). The molecule has 4 N–H and O–H groups in total. The van der Waals surface area contributed by atoms with E-state index in [1.165, 1.54) is 13.0 Å². The largest absolute Gasteiger partial charge is 0.396 e. The summed E-state index contributed by atoms with van der Waals surface area (Å²) >= 11 is 5.73. The zero-order valence-corrected chi connectivity index (χ0v) is 22.4. The first kappa shape index (κ1) is 30.5. The molecule has 0 aliphatic heterocycles. The second-order valence-corrected chi connectivity index (χ2v) is 9.05. The summed E-state index contributed by atoms with van der Waals surface area (Å²) in [6.45, 7) is 6.71. The molecule has 38 heavy (non-hydrogen) atoms. The van der Waals surface area contributed by atoms with Gasteiger partial charge >= 0.3 is 6.03 Å². The fourth-order valence-electron chi connectivity index (χ4n) is 3.51. The number of aliphatic imine (C=N–C) groups is 2. The number of carbonyl (C=O) groups is 2. The van der Waals surface area contributed by atoms with Crippen molar-refractivity contribution in [1.82, 2.24) is 15.5 Å². The lowest BCUT2D eigenvalue weighted by Crippen LogP contribution is -2.48. The van der Waals surface area contributed by atoms with Crippen molar-refractivity contribution in [1.29, 1.82) is 5.41 Å². The number of hydrogen-bond donors (Lipinski definition) is 4. The molecule has 0 bridgehead atoms. The van der Waals surface area contributed by atoms with Crippen LogP contribution in [0.4, 0.5) is 13.6 Å². The summed E-state index contributed by atoms with van der Waals surface area (Å²) in [5.74, 6) is -2.53. The van der Waals surface area contributed by atoms with Crippen molar-refractivity contribution < 1.29 is 23.5 Å². The number of carbonyl (C=O) groups excluding carboxylic acids is 2. The first-order chi connectivity index (χ1) is 18.0. The van der Waals surface area contributed by atoms with E-state index in [1.807, 2.05) is 26.0 Å². The van der Waals surface area contributed by atoms with Crippen LogP contribution in [-0.2, 0) is 11.3 Å². The van der Waals surface area contributed by atoms with E-state index in [1.54, 1.807) is 13.0 Å². The minimum Gasteiger partial charge on any atom is -0.396 e. The minimum absolute atomic E-state index is 0.0231. The second-order valence-electron chi connectivity index (χ2n) is 8.64.